The van der Waals surface area contributed by atoms with Crippen molar-refractivity contribution in [1.29, 1.82) is 0 Å². The molecular formula is C26H31N5O4S. The summed E-state index contributed by atoms with van der Waals surface area (Å²) in [4.78, 5) is 22.1. The molecule has 0 bridgehead atoms. The number of nitrogens with zero attached hydrogens (tertiary/aromatic N) is 5. The van der Waals surface area contributed by atoms with Gasteiger partial charge in [0.05, 0.1) is 17.4 Å². The molecule has 2 fully saturated rings. The van der Waals surface area contributed by atoms with Gasteiger partial charge in [0.1, 0.15) is 0 Å². The Morgan fingerprint density at radius 2 is 1.72 bits per heavy atom. The van der Waals surface area contributed by atoms with Crippen LogP contribution in [-0.2, 0) is 21.4 Å². The summed E-state index contributed by atoms with van der Waals surface area (Å²) in [5.41, 5.74) is 1.92. The Morgan fingerprint density at radius 1 is 1.00 bits per heavy atom. The monoisotopic (exact) mass is 509 g/mol. The zero-order valence-electron chi connectivity index (χ0n) is 20.4. The van der Waals surface area contributed by atoms with Crippen LogP contribution in [0.25, 0.3) is 11.4 Å². The SMILES string of the molecule is Cc1ccc(S(=O)(=O)N2CCN(C(=O)C3CCCN(Cc4nc(-c5ccccc5)no4)C3)CC2)cc1. The third kappa shape index (κ3) is 5.35. The third-order valence-electron chi connectivity index (χ3n) is 6.92. The van der Waals surface area contributed by atoms with Gasteiger partial charge in [-0.25, -0.2) is 8.42 Å². The molecule has 10 heteroatoms. The normalized spacial score (nSPS) is 19.9. The zero-order valence-corrected chi connectivity index (χ0v) is 21.2. The number of amides is 1. The summed E-state index contributed by atoms with van der Waals surface area (Å²) >= 11 is 0. The van der Waals surface area contributed by atoms with Crippen LogP contribution in [0.1, 0.15) is 24.3 Å². The lowest BCUT2D eigenvalue weighted by Gasteiger charge is -2.38. The Balaban J connectivity index is 1.15. The molecule has 2 saturated heterocycles. The summed E-state index contributed by atoms with van der Waals surface area (Å²) in [7, 11) is -3.55. The van der Waals surface area contributed by atoms with Crippen molar-refractivity contribution in [3.8, 4) is 11.4 Å². The minimum Gasteiger partial charge on any atom is -0.340 e. The standard InChI is InChI=1S/C26H31N5O4S/c1-20-9-11-23(12-10-20)36(33,34)31-16-14-30(15-17-31)26(32)22-8-5-13-29(18-22)19-24-27-25(28-35-24)21-6-3-2-4-7-21/h2-4,6-7,9-12,22H,5,8,13-19H2,1H3. The van der Waals surface area contributed by atoms with Crippen molar-refractivity contribution in [2.75, 3.05) is 39.3 Å². The lowest BCUT2D eigenvalue weighted by molar-refractivity contribution is -0.138. The van der Waals surface area contributed by atoms with Gasteiger partial charge in [-0.2, -0.15) is 9.29 Å². The predicted octanol–water partition coefficient (Wildman–Crippen LogP) is 2.79. The van der Waals surface area contributed by atoms with E-state index in [0.29, 0.717) is 55.9 Å². The fourth-order valence-electron chi connectivity index (χ4n) is 4.88. The van der Waals surface area contributed by atoms with Crippen molar-refractivity contribution in [3.05, 3.63) is 66.1 Å². The highest BCUT2D eigenvalue weighted by Gasteiger charge is 2.34. The molecule has 9 nitrogen and oxygen atoms in total. The number of aromatic nitrogens is 2. The van der Waals surface area contributed by atoms with Crippen LogP contribution in [0.15, 0.2) is 64.0 Å². The average molecular weight is 510 g/mol. The first-order valence-corrected chi connectivity index (χ1v) is 13.8. The number of hydrogen-bond donors (Lipinski definition) is 0. The maximum Gasteiger partial charge on any atom is 0.243 e. The Bertz CT molecular complexity index is 1290. The van der Waals surface area contributed by atoms with Crippen molar-refractivity contribution in [1.82, 2.24) is 24.2 Å². The second-order valence-electron chi connectivity index (χ2n) is 9.49. The second kappa shape index (κ2) is 10.5. The molecule has 0 aliphatic carbocycles. The number of carbonyl (C=O) groups is 1. The zero-order chi connectivity index (χ0) is 25.1. The molecule has 1 aromatic heterocycles. The fraction of sp³-hybridized carbons (Fsp3) is 0.423. The molecule has 3 aromatic rings. The molecule has 1 amide bonds. The van der Waals surface area contributed by atoms with E-state index in [0.717, 1.165) is 30.5 Å². The Morgan fingerprint density at radius 3 is 2.44 bits per heavy atom. The van der Waals surface area contributed by atoms with Crippen molar-refractivity contribution in [3.63, 3.8) is 0 Å². The number of piperidine rings is 1. The molecule has 5 rings (SSSR count). The number of sulfonamides is 1. The number of likely N-dealkylation sites (tertiary alicyclic amines) is 1. The van der Waals surface area contributed by atoms with Crippen molar-refractivity contribution in [2.24, 2.45) is 5.92 Å². The Kier molecular flexibility index (Phi) is 7.17. The molecule has 2 aliphatic rings. The molecule has 1 atom stereocenters. The van der Waals surface area contributed by atoms with Crippen molar-refractivity contribution >= 4 is 15.9 Å². The van der Waals surface area contributed by atoms with Crippen molar-refractivity contribution in [2.45, 2.75) is 31.2 Å². The predicted molar refractivity (Wildman–Crippen MR) is 134 cm³/mol. The van der Waals surface area contributed by atoms with Gasteiger partial charge in [-0.05, 0) is 38.4 Å². The van der Waals surface area contributed by atoms with Gasteiger partial charge in [-0.15, -0.1) is 0 Å². The average Bonchev–Trinajstić information content (AvgIpc) is 3.38. The molecular weight excluding hydrogens is 478 g/mol. The minimum atomic E-state index is -3.55. The molecule has 3 heterocycles. The van der Waals surface area contributed by atoms with E-state index in [9.17, 15) is 13.2 Å². The quantitative estimate of drug-likeness (QED) is 0.504. The second-order valence-corrected chi connectivity index (χ2v) is 11.4. The van der Waals surface area contributed by atoms with E-state index < -0.39 is 10.0 Å². The number of aryl methyl sites for hydroxylation is 1. The van der Waals surface area contributed by atoms with E-state index >= 15 is 0 Å². The lowest BCUT2D eigenvalue weighted by Crippen LogP contribution is -2.53. The molecule has 0 radical (unpaired) electrons. The summed E-state index contributed by atoms with van der Waals surface area (Å²) in [5.74, 6) is 1.09. The maximum absolute atomic E-state index is 13.3. The number of rotatable bonds is 6. The number of benzene rings is 2. The van der Waals surface area contributed by atoms with Crippen LogP contribution in [0.2, 0.25) is 0 Å². The van der Waals surface area contributed by atoms with E-state index in [4.69, 9.17) is 4.52 Å². The highest BCUT2D eigenvalue weighted by molar-refractivity contribution is 7.89. The van der Waals surface area contributed by atoms with Gasteiger partial charge in [0.25, 0.3) is 0 Å². The first-order valence-electron chi connectivity index (χ1n) is 12.4. The third-order valence-corrected chi connectivity index (χ3v) is 8.84. The van der Waals surface area contributed by atoms with Crippen LogP contribution < -0.4 is 0 Å². The highest BCUT2D eigenvalue weighted by Crippen LogP contribution is 2.24. The highest BCUT2D eigenvalue weighted by atomic mass is 32.2. The summed E-state index contributed by atoms with van der Waals surface area (Å²) in [6, 6.07) is 16.6. The fourth-order valence-corrected chi connectivity index (χ4v) is 6.30. The van der Waals surface area contributed by atoms with Crippen molar-refractivity contribution < 1.29 is 17.7 Å². The number of hydrogen-bond acceptors (Lipinski definition) is 7. The first-order chi connectivity index (χ1) is 17.4. The summed E-state index contributed by atoms with van der Waals surface area (Å²) < 4.78 is 32.9. The van der Waals surface area contributed by atoms with Gasteiger partial charge in [0.15, 0.2) is 0 Å². The number of piperazine rings is 1. The molecule has 1 unspecified atom stereocenters. The van der Waals surface area contributed by atoms with Gasteiger partial charge in [-0.1, -0.05) is 53.2 Å². The first kappa shape index (κ1) is 24.6. The van der Waals surface area contributed by atoms with Crippen LogP contribution in [-0.4, -0.2) is 77.8 Å². The van der Waals surface area contributed by atoms with E-state index in [1.165, 1.54) is 4.31 Å². The summed E-state index contributed by atoms with van der Waals surface area (Å²) in [6.45, 7) is 5.36. The Hall–Kier alpha value is -3.08. The van der Waals surface area contributed by atoms with Crippen LogP contribution in [0.5, 0.6) is 0 Å². The molecule has 190 valence electrons. The number of carbonyl (C=O) groups excluding carboxylic acids is 1. The van der Waals surface area contributed by atoms with E-state index in [1.54, 1.807) is 24.3 Å². The molecule has 0 saturated carbocycles. The Labute approximate surface area is 211 Å². The lowest BCUT2D eigenvalue weighted by atomic mass is 9.96. The van der Waals surface area contributed by atoms with Gasteiger partial charge in [0.2, 0.25) is 27.6 Å². The molecule has 0 spiro atoms. The van der Waals surface area contributed by atoms with E-state index in [1.807, 2.05) is 42.2 Å². The minimum absolute atomic E-state index is 0.0996. The van der Waals surface area contributed by atoms with E-state index in [2.05, 4.69) is 15.0 Å². The van der Waals surface area contributed by atoms with Gasteiger partial charge in [-0.3, -0.25) is 9.69 Å². The summed E-state index contributed by atoms with van der Waals surface area (Å²) in [6.07, 6.45) is 1.74. The van der Waals surface area contributed by atoms with Gasteiger partial charge >= 0.3 is 0 Å². The molecule has 2 aliphatic heterocycles. The largest absolute Gasteiger partial charge is 0.340 e. The topological polar surface area (TPSA) is 99.9 Å². The van der Waals surface area contributed by atoms with Gasteiger partial charge in [0, 0.05) is 38.3 Å². The molecule has 36 heavy (non-hydrogen) atoms. The van der Waals surface area contributed by atoms with Crippen LogP contribution >= 0.6 is 0 Å². The smallest absolute Gasteiger partial charge is 0.243 e. The van der Waals surface area contributed by atoms with Crippen LogP contribution in [0, 0.1) is 12.8 Å². The molecule has 0 N–H and O–H groups in total. The van der Waals surface area contributed by atoms with Gasteiger partial charge < -0.3 is 9.42 Å². The van der Waals surface area contributed by atoms with E-state index in [-0.39, 0.29) is 11.8 Å². The molecule has 2 aromatic carbocycles. The summed E-state index contributed by atoms with van der Waals surface area (Å²) in [5, 5.41) is 4.09. The van der Waals surface area contributed by atoms with Crippen LogP contribution in [0.4, 0.5) is 0 Å². The van der Waals surface area contributed by atoms with Crippen LogP contribution in [0.3, 0.4) is 0 Å². The maximum atomic E-state index is 13.3.